The highest BCUT2D eigenvalue weighted by Crippen LogP contribution is 2.29. The number of halogens is 4. The Balaban J connectivity index is 2.46. The molecule has 0 saturated carbocycles. The van der Waals surface area contributed by atoms with E-state index in [-0.39, 0.29) is 16.4 Å². The van der Waals surface area contributed by atoms with E-state index in [2.05, 4.69) is 9.72 Å². The Hall–Kier alpha value is -2.08. The highest BCUT2D eigenvalue weighted by molar-refractivity contribution is 6.29. The molecular formula is C13H7ClF3NO2. The van der Waals surface area contributed by atoms with Crippen LogP contribution in [0.2, 0.25) is 5.15 Å². The summed E-state index contributed by atoms with van der Waals surface area (Å²) in [5, 5.41) is 0.132. The zero-order chi connectivity index (χ0) is 14.8. The van der Waals surface area contributed by atoms with Gasteiger partial charge in [-0.2, -0.15) is 0 Å². The summed E-state index contributed by atoms with van der Waals surface area (Å²) in [6.07, 6.45) is -4.23. The molecule has 0 saturated heterocycles. The Bertz CT molecular complexity index is 644. The topological polar surface area (TPSA) is 39.2 Å². The van der Waals surface area contributed by atoms with Crippen LogP contribution < -0.4 is 4.74 Å². The van der Waals surface area contributed by atoms with E-state index in [0.29, 0.717) is 11.8 Å². The van der Waals surface area contributed by atoms with Crippen LogP contribution in [0.25, 0.3) is 11.3 Å². The number of benzene rings is 1. The fourth-order valence-electron chi connectivity index (χ4n) is 1.61. The number of carbonyl (C=O) groups excluding carboxylic acids is 1. The third-order valence-corrected chi connectivity index (χ3v) is 2.57. The van der Waals surface area contributed by atoms with Gasteiger partial charge in [0.1, 0.15) is 10.9 Å². The van der Waals surface area contributed by atoms with Gasteiger partial charge in [-0.25, -0.2) is 4.98 Å². The van der Waals surface area contributed by atoms with Crippen molar-refractivity contribution in [2.75, 3.05) is 0 Å². The quantitative estimate of drug-likeness (QED) is 0.632. The van der Waals surface area contributed by atoms with Crippen LogP contribution in [0.1, 0.15) is 10.4 Å². The monoisotopic (exact) mass is 301 g/mol. The minimum absolute atomic E-state index is 0.132. The number of carbonyl (C=O) groups is 1. The molecule has 0 aliphatic heterocycles. The van der Waals surface area contributed by atoms with Crippen LogP contribution >= 0.6 is 11.6 Å². The van der Waals surface area contributed by atoms with Gasteiger partial charge < -0.3 is 4.74 Å². The number of nitrogens with zero attached hydrogens (tertiary/aromatic N) is 1. The number of ether oxygens (including phenoxy) is 1. The van der Waals surface area contributed by atoms with Crippen molar-refractivity contribution >= 4 is 17.9 Å². The summed E-state index contributed by atoms with van der Waals surface area (Å²) in [6.45, 7) is 0. The molecule has 0 spiro atoms. The van der Waals surface area contributed by atoms with Crippen LogP contribution in [0.5, 0.6) is 5.75 Å². The van der Waals surface area contributed by atoms with E-state index in [1.54, 1.807) is 0 Å². The van der Waals surface area contributed by atoms with Crippen molar-refractivity contribution in [2.45, 2.75) is 6.36 Å². The van der Waals surface area contributed by atoms with E-state index >= 15 is 0 Å². The Morgan fingerprint density at radius 2 is 1.95 bits per heavy atom. The van der Waals surface area contributed by atoms with E-state index in [0.717, 1.165) is 12.1 Å². The molecule has 1 aromatic carbocycles. The van der Waals surface area contributed by atoms with E-state index in [4.69, 9.17) is 11.6 Å². The van der Waals surface area contributed by atoms with E-state index in [1.807, 2.05) is 0 Å². The lowest BCUT2D eigenvalue weighted by molar-refractivity contribution is -0.274. The van der Waals surface area contributed by atoms with Crippen molar-refractivity contribution in [3.63, 3.8) is 0 Å². The lowest BCUT2D eigenvalue weighted by Gasteiger charge is -2.10. The van der Waals surface area contributed by atoms with Crippen LogP contribution in [-0.2, 0) is 0 Å². The van der Waals surface area contributed by atoms with Crippen LogP contribution in [0, 0.1) is 0 Å². The molecule has 0 N–H and O–H groups in total. The highest BCUT2D eigenvalue weighted by Gasteiger charge is 2.31. The van der Waals surface area contributed by atoms with E-state index in [1.165, 1.54) is 24.3 Å². The molecule has 1 heterocycles. The van der Waals surface area contributed by atoms with Crippen molar-refractivity contribution in [3.8, 4) is 17.0 Å². The van der Waals surface area contributed by atoms with Crippen molar-refractivity contribution in [1.29, 1.82) is 0 Å². The van der Waals surface area contributed by atoms with Crippen LogP contribution in [0.4, 0.5) is 13.2 Å². The summed E-state index contributed by atoms with van der Waals surface area (Å²) in [5.41, 5.74) is 0.718. The van der Waals surface area contributed by atoms with Crippen molar-refractivity contribution < 1.29 is 22.7 Å². The van der Waals surface area contributed by atoms with Gasteiger partial charge in [-0.05, 0) is 24.3 Å². The second kappa shape index (κ2) is 5.50. The van der Waals surface area contributed by atoms with E-state index in [9.17, 15) is 18.0 Å². The highest BCUT2D eigenvalue weighted by atomic mass is 35.5. The number of pyridine rings is 1. The van der Waals surface area contributed by atoms with Gasteiger partial charge in [-0.15, -0.1) is 13.2 Å². The lowest BCUT2D eigenvalue weighted by atomic mass is 10.1. The smallest absolute Gasteiger partial charge is 0.406 e. The molecule has 2 aromatic rings. The third-order valence-electron chi connectivity index (χ3n) is 2.36. The maximum atomic E-state index is 12.2. The van der Waals surface area contributed by atoms with Gasteiger partial charge in [0, 0.05) is 11.1 Å². The molecule has 104 valence electrons. The Morgan fingerprint density at radius 3 is 2.60 bits per heavy atom. The average molecular weight is 302 g/mol. The fraction of sp³-hybridized carbons (Fsp3) is 0.0769. The van der Waals surface area contributed by atoms with Crippen LogP contribution in [0.15, 0.2) is 36.4 Å². The second-order valence-corrected chi connectivity index (χ2v) is 4.15. The van der Waals surface area contributed by atoms with Gasteiger partial charge in [0.05, 0.1) is 5.69 Å². The Labute approximate surface area is 117 Å². The first-order valence-corrected chi connectivity index (χ1v) is 5.75. The molecule has 0 radical (unpaired) electrons. The normalized spacial score (nSPS) is 11.2. The number of hydrogen-bond donors (Lipinski definition) is 0. The summed E-state index contributed by atoms with van der Waals surface area (Å²) < 4.78 is 40.3. The van der Waals surface area contributed by atoms with Crippen LogP contribution in [0.3, 0.4) is 0 Å². The molecule has 0 bridgehead atoms. The fourth-order valence-corrected chi connectivity index (χ4v) is 1.76. The summed E-state index contributed by atoms with van der Waals surface area (Å²) in [7, 11) is 0. The summed E-state index contributed by atoms with van der Waals surface area (Å²) >= 11 is 5.73. The molecular weight excluding hydrogens is 295 g/mol. The van der Waals surface area contributed by atoms with Crippen molar-refractivity contribution in [1.82, 2.24) is 4.98 Å². The molecule has 7 heteroatoms. The minimum Gasteiger partial charge on any atom is -0.406 e. The first kappa shape index (κ1) is 14.3. The zero-order valence-electron chi connectivity index (χ0n) is 9.82. The first-order valence-electron chi connectivity index (χ1n) is 5.37. The van der Waals surface area contributed by atoms with Gasteiger partial charge in [-0.3, -0.25) is 4.79 Å². The Morgan fingerprint density at radius 1 is 1.20 bits per heavy atom. The standard InChI is InChI=1S/C13H7ClF3NO2/c14-11-5-4-9(7-19)12(18-11)8-2-1-3-10(6-8)20-13(15,16)17/h1-7H. The van der Waals surface area contributed by atoms with Gasteiger partial charge in [-0.1, -0.05) is 23.7 Å². The molecule has 0 aliphatic carbocycles. The number of rotatable bonds is 3. The van der Waals surface area contributed by atoms with Gasteiger partial charge in [0.2, 0.25) is 0 Å². The van der Waals surface area contributed by atoms with Gasteiger partial charge in [0.15, 0.2) is 6.29 Å². The zero-order valence-corrected chi connectivity index (χ0v) is 10.6. The molecule has 2 rings (SSSR count). The number of aromatic nitrogens is 1. The summed E-state index contributed by atoms with van der Waals surface area (Å²) in [6, 6.07) is 8.03. The lowest BCUT2D eigenvalue weighted by Crippen LogP contribution is -2.17. The summed E-state index contributed by atoms with van der Waals surface area (Å²) in [5.74, 6) is -0.395. The molecule has 0 aliphatic rings. The minimum atomic E-state index is -4.78. The molecule has 1 aromatic heterocycles. The molecule has 0 unspecified atom stereocenters. The predicted molar refractivity (Wildman–Crippen MR) is 66.8 cm³/mol. The maximum Gasteiger partial charge on any atom is 0.573 e. The number of hydrogen-bond acceptors (Lipinski definition) is 3. The number of aldehydes is 1. The third kappa shape index (κ3) is 3.48. The molecule has 0 amide bonds. The van der Waals surface area contributed by atoms with Gasteiger partial charge in [0.25, 0.3) is 0 Å². The Kier molecular flexibility index (Phi) is 3.94. The van der Waals surface area contributed by atoms with Crippen molar-refractivity contribution in [3.05, 3.63) is 47.1 Å². The molecule has 20 heavy (non-hydrogen) atoms. The first-order chi connectivity index (χ1) is 9.39. The van der Waals surface area contributed by atoms with Crippen molar-refractivity contribution in [2.24, 2.45) is 0 Å². The largest absolute Gasteiger partial charge is 0.573 e. The predicted octanol–water partition coefficient (Wildman–Crippen LogP) is 4.11. The average Bonchev–Trinajstić information content (AvgIpc) is 2.37. The number of alkyl halides is 3. The van der Waals surface area contributed by atoms with E-state index < -0.39 is 12.1 Å². The van der Waals surface area contributed by atoms with Crippen LogP contribution in [-0.4, -0.2) is 17.6 Å². The molecule has 0 atom stereocenters. The van der Waals surface area contributed by atoms with Gasteiger partial charge >= 0.3 is 6.36 Å². The molecule has 0 fully saturated rings. The SMILES string of the molecule is O=Cc1ccc(Cl)nc1-c1cccc(OC(F)(F)F)c1. The maximum absolute atomic E-state index is 12.2. The molecule has 3 nitrogen and oxygen atoms in total. The summed E-state index contributed by atoms with van der Waals surface area (Å²) in [4.78, 5) is 14.9. The second-order valence-electron chi connectivity index (χ2n) is 3.77.